The number of allylic oxidation sites excluding steroid dienone is 1. The lowest BCUT2D eigenvalue weighted by atomic mass is 10.1. The van der Waals surface area contributed by atoms with Crippen molar-refractivity contribution < 1.29 is 10.2 Å². The third-order valence-corrected chi connectivity index (χ3v) is 2.43. The lowest BCUT2D eigenvalue weighted by molar-refractivity contribution is 0.138. The van der Waals surface area contributed by atoms with E-state index in [4.69, 9.17) is 10.2 Å². The molecule has 0 saturated heterocycles. The van der Waals surface area contributed by atoms with Crippen LogP contribution in [0, 0.1) is 35.5 Å². The number of rotatable bonds is 6. The van der Waals surface area contributed by atoms with Gasteiger partial charge in [0.1, 0.15) is 6.10 Å². The molecule has 0 aromatic rings. The van der Waals surface area contributed by atoms with Crippen molar-refractivity contribution >= 4 is 15.9 Å². The van der Waals surface area contributed by atoms with Crippen LogP contribution >= 0.6 is 15.9 Å². The molecule has 0 aliphatic rings. The first-order chi connectivity index (χ1) is 9.31. The molecule has 2 nitrogen and oxygen atoms in total. The second-order valence-electron chi connectivity index (χ2n) is 3.80. The summed E-state index contributed by atoms with van der Waals surface area (Å²) in [5, 5.41) is 17.4. The molecule has 0 saturated carbocycles. The van der Waals surface area contributed by atoms with E-state index in [2.05, 4.69) is 51.5 Å². The highest BCUT2D eigenvalue weighted by atomic mass is 79.9. The Morgan fingerprint density at radius 1 is 1.00 bits per heavy atom. The van der Waals surface area contributed by atoms with Gasteiger partial charge in [0.2, 0.25) is 0 Å². The van der Waals surface area contributed by atoms with Gasteiger partial charge in [-0.3, -0.25) is 0 Å². The quantitative estimate of drug-likeness (QED) is 0.583. The van der Waals surface area contributed by atoms with Crippen molar-refractivity contribution in [2.75, 3.05) is 6.61 Å². The summed E-state index contributed by atoms with van der Waals surface area (Å²) < 4.78 is 0. The molecule has 0 heterocycles. The van der Waals surface area contributed by atoms with Gasteiger partial charge in [-0.05, 0) is 35.7 Å². The Kier molecular flexibility index (Phi) is 14.0. The number of halogens is 1. The third kappa shape index (κ3) is 14.8. The van der Waals surface area contributed by atoms with E-state index in [1.165, 1.54) is 6.42 Å². The molecule has 0 aliphatic heterocycles. The van der Waals surface area contributed by atoms with Gasteiger partial charge >= 0.3 is 0 Å². The molecule has 0 radical (unpaired) electrons. The zero-order chi connectivity index (χ0) is 14.2. The molecular formula is C16H19BrO2. The lowest BCUT2D eigenvalue weighted by Gasteiger charge is -1.94. The second kappa shape index (κ2) is 14.9. The second-order valence-corrected chi connectivity index (χ2v) is 4.33. The van der Waals surface area contributed by atoms with E-state index in [0.717, 1.165) is 32.1 Å². The number of hydrogen-bond acceptors (Lipinski definition) is 2. The minimum Gasteiger partial charge on any atom is -0.393 e. The fourth-order valence-corrected chi connectivity index (χ4v) is 1.35. The molecule has 3 heteroatoms. The van der Waals surface area contributed by atoms with Crippen LogP contribution in [-0.4, -0.2) is 22.9 Å². The minimum absolute atomic E-state index is 0.344. The summed E-state index contributed by atoms with van der Waals surface area (Å²) in [4.78, 5) is 1.75. The Balaban J connectivity index is 3.43. The fourth-order valence-electron chi connectivity index (χ4n) is 1.21. The van der Waals surface area contributed by atoms with E-state index >= 15 is 0 Å². The molecule has 0 fully saturated rings. The average Bonchev–Trinajstić information content (AvgIpc) is 2.43. The summed E-state index contributed by atoms with van der Waals surface area (Å²) in [5.41, 5.74) is 0. The van der Waals surface area contributed by atoms with Crippen LogP contribution in [-0.2, 0) is 0 Å². The highest BCUT2D eigenvalue weighted by Gasteiger charge is 1.90. The summed E-state index contributed by atoms with van der Waals surface area (Å²) >= 11 is 3.16. The average molecular weight is 323 g/mol. The third-order valence-electron chi connectivity index (χ3n) is 2.16. The van der Waals surface area contributed by atoms with E-state index in [9.17, 15) is 0 Å². The molecule has 0 aromatic heterocycles. The van der Waals surface area contributed by atoms with E-state index in [1.807, 2.05) is 0 Å². The number of aliphatic hydroxyl groups excluding tert-OH is 2. The first kappa shape index (κ1) is 17.8. The van der Waals surface area contributed by atoms with E-state index in [-0.39, 0.29) is 6.61 Å². The van der Waals surface area contributed by atoms with Crippen LogP contribution in [0.3, 0.4) is 0 Å². The smallest absolute Gasteiger partial charge is 0.138 e. The first-order valence-electron chi connectivity index (χ1n) is 6.32. The van der Waals surface area contributed by atoms with E-state index < -0.39 is 6.10 Å². The Hall–Kier alpha value is -1.18. The minimum atomic E-state index is -0.977. The van der Waals surface area contributed by atoms with Crippen LogP contribution in [0.15, 0.2) is 11.1 Å². The van der Waals surface area contributed by atoms with Crippen molar-refractivity contribution in [1.82, 2.24) is 0 Å². The maximum absolute atomic E-state index is 8.93. The molecule has 0 amide bonds. The van der Waals surface area contributed by atoms with Crippen molar-refractivity contribution in [3.63, 3.8) is 0 Å². The monoisotopic (exact) mass is 322 g/mol. The molecule has 0 spiro atoms. The Labute approximate surface area is 124 Å². The van der Waals surface area contributed by atoms with Crippen molar-refractivity contribution in [3.05, 3.63) is 11.1 Å². The van der Waals surface area contributed by atoms with Gasteiger partial charge in [0.05, 0.1) is 6.61 Å². The molecule has 0 rings (SSSR count). The molecule has 0 aliphatic carbocycles. The summed E-state index contributed by atoms with van der Waals surface area (Å²) in [6, 6.07) is 0. The predicted octanol–water partition coefficient (Wildman–Crippen LogP) is 2.60. The van der Waals surface area contributed by atoms with E-state index in [0.29, 0.717) is 0 Å². The van der Waals surface area contributed by atoms with Gasteiger partial charge in [-0.25, -0.2) is 0 Å². The molecule has 2 N–H and O–H groups in total. The van der Waals surface area contributed by atoms with Crippen LogP contribution in [0.5, 0.6) is 0 Å². The normalized spacial score (nSPS) is 10.7. The molecule has 0 bridgehead atoms. The summed E-state index contributed by atoms with van der Waals surface area (Å²) in [6.45, 7) is -0.344. The molecule has 102 valence electrons. The van der Waals surface area contributed by atoms with Crippen molar-refractivity contribution in [1.29, 1.82) is 0 Å². The maximum Gasteiger partial charge on any atom is 0.138 e. The topological polar surface area (TPSA) is 40.5 Å². The van der Waals surface area contributed by atoms with Gasteiger partial charge in [0.25, 0.3) is 0 Å². The van der Waals surface area contributed by atoms with Gasteiger partial charge in [0, 0.05) is 12.8 Å². The Bertz CT molecular complexity index is 421. The van der Waals surface area contributed by atoms with Gasteiger partial charge in [-0.1, -0.05) is 52.5 Å². The van der Waals surface area contributed by atoms with Crippen LogP contribution < -0.4 is 0 Å². The summed E-state index contributed by atoms with van der Waals surface area (Å²) in [7, 11) is 0. The van der Waals surface area contributed by atoms with Crippen LogP contribution in [0.25, 0.3) is 0 Å². The van der Waals surface area contributed by atoms with Crippen LogP contribution in [0.4, 0.5) is 0 Å². The van der Waals surface area contributed by atoms with E-state index in [1.54, 1.807) is 11.1 Å². The number of hydrogen-bond donors (Lipinski definition) is 2. The summed E-state index contributed by atoms with van der Waals surface area (Å²) in [6.07, 6.45) is 7.07. The molecular weight excluding hydrogens is 304 g/mol. The number of unbranched alkanes of at least 4 members (excludes halogenated alkanes) is 5. The van der Waals surface area contributed by atoms with Crippen molar-refractivity contribution in [2.24, 2.45) is 0 Å². The molecule has 1 unspecified atom stereocenters. The van der Waals surface area contributed by atoms with Gasteiger partial charge in [-0.2, -0.15) is 0 Å². The SMILES string of the molecule is OCC(O)C#CC#CCCCCCCC#C/C=C/Br. The zero-order valence-electron chi connectivity index (χ0n) is 11.0. The highest BCUT2D eigenvalue weighted by molar-refractivity contribution is 9.11. The number of aliphatic hydroxyl groups is 2. The Morgan fingerprint density at radius 2 is 1.68 bits per heavy atom. The first-order valence-corrected chi connectivity index (χ1v) is 7.23. The maximum atomic E-state index is 8.93. The largest absolute Gasteiger partial charge is 0.393 e. The lowest BCUT2D eigenvalue weighted by Crippen LogP contribution is -2.07. The van der Waals surface area contributed by atoms with Crippen LogP contribution in [0.2, 0.25) is 0 Å². The molecule has 19 heavy (non-hydrogen) atoms. The summed E-state index contributed by atoms with van der Waals surface area (Å²) in [5.74, 6) is 16.5. The predicted molar refractivity (Wildman–Crippen MR) is 82.2 cm³/mol. The van der Waals surface area contributed by atoms with Crippen molar-refractivity contribution in [3.8, 4) is 35.5 Å². The van der Waals surface area contributed by atoms with Gasteiger partial charge in [0.15, 0.2) is 0 Å². The standard InChI is InChI=1S/C16H19BrO2/c17-14-12-10-8-6-4-2-1-3-5-7-9-11-13-16(19)15-18/h12,14,16,18-19H,1-6,15H2/b14-12+. The Morgan fingerprint density at radius 3 is 2.32 bits per heavy atom. The van der Waals surface area contributed by atoms with Crippen LogP contribution in [0.1, 0.15) is 38.5 Å². The van der Waals surface area contributed by atoms with Gasteiger partial charge in [-0.15, -0.1) is 0 Å². The van der Waals surface area contributed by atoms with Crippen molar-refractivity contribution in [2.45, 2.75) is 44.6 Å². The molecule has 1 atom stereocenters. The zero-order valence-corrected chi connectivity index (χ0v) is 12.5. The fraction of sp³-hybridized carbons (Fsp3) is 0.500. The highest BCUT2D eigenvalue weighted by Crippen LogP contribution is 2.04. The molecule has 0 aromatic carbocycles. The van der Waals surface area contributed by atoms with Gasteiger partial charge < -0.3 is 10.2 Å².